The summed E-state index contributed by atoms with van der Waals surface area (Å²) >= 11 is 0. The summed E-state index contributed by atoms with van der Waals surface area (Å²) in [6.45, 7) is 9.60. The van der Waals surface area contributed by atoms with Crippen molar-refractivity contribution in [1.29, 1.82) is 0 Å². The van der Waals surface area contributed by atoms with Gasteiger partial charge in [-0.1, -0.05) is 47.0 Å². The second kappa shape index (κ2) is 3.81. The summed E-state index contributed by atoms with van der Waals surface area (Å²) in [6, 6.07) is 0. The molecule has 0 heterocycles. The molecule has 0 nitrogen and oxygen atoms in total. The molecule has 0 N–H and O–H groups in total. The summed E-state index contributed by atoms with van der Waals surface area (Å²) < 4.78 is 0. The smallest absolute Gasteiger partial charge is 0.0275 e. The third-order valence-corrected chi connectivity index (χ3v) is 4.06. The maximum absolute atomic E-state index is 2.42. The van der Waals surface area contributed by atoms with E-state index in [9.17, 15) is 0 Å². The first kappa shape index (κ1) is 10.1. The largest absolute Gasteiger partial charge is 0.0648 e. The van der Waals surface area contributed by atoms with E-state index >= 15 is 0 Å². The fourth-order valence-corrected chi connectivity index (χ4v) is 2.95. The van der Waals surface area contributed by atoms with Crippen LogP contribution in [0.5, 0.6) is 0 Å². The van der Waals surface area contributed by atoms with Gasteiger partial charge in [0, 0.05) is 0 Å². The molecule has 0 bridgehead atoms. The zero-order chi connectivity index (χ0) is 9.19. The Morgan fingerprint density at radius 3 is 2.42 bits per heavy atom. The highest BCUT2D eigenvalue weighted by molar-refractivity contribution is 4.86. The summed E-state index contributed by atoms with van der Waals surface area (Å²) in [6.07, 6.45) is 7.27. The maximum Gasteiger partial charge on any atom is -0.0275 e. The van der Waals surface area contributed by atoms with E-state index in [2.05, 4.69) is 27.7 Å². The lowest BCUT2D eigenvalue weighted by molar-refractivity contribution is 0.0818. The van der Waals surface area contributed by atoms with Gasteiger partial charge in [0.05, 0.1) is 0 Å². The van der Waals surface area contributed by atoms with Gasteiger partial charge in [-0.25, -0.2) is 0 Å². The Bertz CT molecular complexity index is 137. The molecule has 2 atom stereocenters. The monoisotopic (exact) mass is 168 g/mol. The second-order valence-electron chi connectivity index (χ2n) is 5.07. The molecule has 0 amide bonds. The maximum atomic E-state index is 2.42. The third-order valence-electron chi connectivity index (χ3n) is 4.06. The molecule has 0 aliphatic heterocycles. The summed E-state index contributed by atoms with van der Waals surface area (Å²) in [5.74, 6) is 1.85. The van der Waals surface area contributed by atoms with Crippen molar-refractivity contribution in [1.82, 2.24) is 0 Å². The van der Waals surface area contributed by atoms with Gasteiger partial charge < -0.3 is 0 Å². The Balaban J connectivity index is 2.64. The van der Waals surface area contributed by atoms with E-state index in [0.717, 1.165) is 11.8 Å². The summed E-state index contributed by atoms with van der Waals surface area (Å²) in [4.78, 5) is 0. The van der Waals surface area contributed by atoms with Crippen molar-refractivity contribution in [3.8, 4) is 0 Å². The molecule has 1 aliphatic carbocycles. The minimum atomic E-state index is 0.692. The van der Waals surface area contributed by atoms with Gasteiger partial charge in [0.1, 0.15) is 0 Å². The number of hydrogen-bond acceptors (Lipinski definition) is 0. The van der Waals surface area contributed by atoms with E-state index in [1.807, 2.05) is 0 Å². The van der Waals surface area contributed by atoms with Crippen molar-refractivity contribution < 1.29 is 0 Å². The van der Waals surface area contributed by atoms with E-state index in [1.54, 1.807) is 0 Å². The second-order valence-corrected chi connectivity index (χ2v) is 5.07. The topological polar surface area (TPSA) is 0 Å². The van der Waals surface area contributed by atoms with Crippen LogP contribution in [0.15, 0.2) is 0 Å². The Labute approximate surface area is 77.7 Å². The van der Waals surface area contributed by atoms with Crippen molar-refractivity contribution in [3.05, 3.63) is 0 Å². The molecule has 1 fully saturated rings. The Morgan fingerprint density at radius 1 is 1.42 bits per heavy atom. The molecular weight excluding hydrogens is 144 g/mol. The van der Waals surface area contributed by atoms with Gasteiger partial charge in [0.25, 0.3) is 0 Å². The van der Waals surface area contributed by atoms with E-state index < -0.39 is 0 Å². The predicted molar refractivity (Wildman–Crippen MR) is 55.2 cm³/mol. The Kier molecular flexibility index (Phi) is 3.20. The molecular formula is C12H24. The van der Waals surface area contributed by atoms with Gasteiger partial charge in [-0.3, -0.25) is 0 Å². The lowest BCUT2D eigenvalue weighted by Gasteiger charge is -2.43. The van der Waals surface area contributed by atoms with Crippen LogP contribution in [0.3, 0.4) is 0 Å². The third kappa shape index (κ3) is 1.84. The zero-order valence-electron chi connectivity index (χ0n) is 9.19. The minimum absolute atomic E-state index is 0.692. The van der Waals surface area contributed by atoms with Crippen LogP contribution in [0.1, 0.15) is 59.8 Å². The Morgan fingerprint density at radius 2 is 2.08 bits per heavy atom. The molecule has 0 radical (unpaired) electrons. The SMILES string of the molecule is CCC1(C(C)C)CCCC(C)C1. The van der Waals surface area contributed by atoms with E-state index in [-0.39, 0.29) is 0 Å². The van der Waals surface area contributed by atoms with Crippen LogP contribution in [0.2, 0.25) is 0 Å². The lowest BCUT2D eigenvalue weighted by atomic mass is 9.63. The molecule has 1 aliphatic rings. The van der Waals surface area contributed by atoms with Crippen LogP contribution in [0, 0.1) is 17.3 Å². The first-order valence-corrected chi connectivity index (χ1v) is 5.60. The van der Waals surface area contributed by atoms with Crippen molar-refractivity contribution in [3.63, 3.8) is 0 Å². The van der Waals surface area contributed by atoms with Crippen molar-refractivity contribution >= 4 is 0 Å². The van der Waals surface area contributed by atoms with Crippen molar-refractivity contribution in [2.45, 2.75) is 59.8 Å². The predicted octanol–water partition coefficient (Wildman–Crippen LogP) is 4.25. The molecule has 72 valence electrons. The van der Waals surface area contributed by atoms with Gasteiger partial charge >= 0.3 is 0 Å². The van der Waals surface area contributed by atoms with Gasteiger partial charge in [0.2, 0.25) is 0 Å². The molecule has 2 unspecified atom stereocenters. The highest BCUT2D eigenvalue weighted by atomic mass is 14.4. The summed E-state index contributed by atoms with van der Waals surface area (Å²) in [5.41, 5.74) is 0.692. The van der Waals surface area contributed by atoms with Crippen LogP contribution in [-0.2, 0) is 0 Å². The molecule has 0 aromatic rings. The fraction of sp³-hybridized carbons (Fsp3) is 1.00. The van der Waals surface area contributed by atoms with E-state index in [1.165, 1.54) is 32.1 Å². The van der Waals surface area contributed by atoms with Crippen LogP contribution in [0.25, 0.3) is 0 Å². The molecule has 0 heteroatoms. The van der Waals surface area contributed by atoms with Crippen molar-refractivity contribution in [2.75, 3.05) is 0 Å². The standard InChI is InChI=1S/C12H24/c1-5-12(10(2)3)8-6-7-11(4)9-12/h10-11H,5-9H2,1-4H3. The molecule has 0 spiro atoms. The van der Waals surface area contributed by atoms with Gasteiger partial charge in [-0.2, -0.15) is 0 Å². The zero-order valence-corrected chi connectivity index (χ0v) is 9.19. The average molecular weight is 168 g/mol. The summed E-state index contributed by atoms with van der Waals surface area (Å²) in [5, 5.41) is 0. The number of rotatable bonds is 2. The van der Waals surface area contributed by atoms with Gasteiger partial charge in [0.15, 0.2) is 0 Å². The molecule has 12 heavy (non-hydrogen) atoms. The van der Waals surface area contributed by atoms with Gasteiger partial charge in [-0.05, 0) is 30.1 Å². The highest BCUT2D eigenvalue weighted by Gasteiger charge is 2.35. The Hall–Kier alpha value is 0. The quantitative estimate of drug-likeness (QED) is 0.578. The van der Waals surface area contributed by atoms with Crippen LogP contribution >= 0.6 is 0 Å². The normalized spacial score (nSPS) is 37.2. The molecule has 0 aromatic heterocycles. The van der Waals surface area contributed by atoms with Crippen molar-refractivity contribution in [2.24, 2.45) is 17.3 Å². The first-order chi connectivity index (χ1) is 5.60. The molecule has 0 saturated heterocycles. The fourth-order valence-electron chi connectivity index (χ4n) is 2.95. The summed E-state index contributed by atoms with van der Waals surface area (Å²) in [7, 11) is 0. The van der Waals surface area contributed by atoms with E-state index in [0.29, 0.717) is 5.41 Å². The lowest BCUT2D eigenvalue weighted by Crippen LogP contribution is -2.32. The van der Waals surface area contributed by atoms with Crippen LogP contribution < -0.4 is 0 Å². The minimum Gasteiger partial charge on any atom is -0.0648 e. The molecule has 1 saturated carbocycles. The molecule has 0 aromatic carbocycles. The van der Waals surface area contributed by atoms with E-state index in [4.69, 9.17) is 0 Å². The highest BCUT2D eigenvalue weighted by Crippen LogP contribution is 2.46. The van der Waals surface area contributed by atoms with Crippen LogP contribution in [-0.4, -0.2) is 0 Å². The molecule has 1 rings (SSSR count). The van der Waals surface area contributed by atoms with Crippen LogP contribution in [0.4, 0.5) is 0 Å². The first-order valence-electron chi connectivity index (χ1n) is 5.60. The average Bonchev–Trinajstić information content (AvgIpc) is 2.04. The van der Waals surface area contributed by atoms with Gasteiger partial charge in [-0.15, -0.1) is 0 Å². The number of hydrogen-bond donors (Lipinski definition) is 0.